The molecule has 2 aromatic rings. The van der Waals surface area contributed by atoms with Crippen LogP contribution in [-0.4, -0.2) is 11.1 Å². The van der Waals surface area contributed by atoms with Crippen LogP contribution in [0.15, 0.2) is 48.5 Å². The standard InChI is InChI=1S/C16H15NO3/c17-12-4-6-13(7-5-12)20-14-3-1-2-11(10-14)16(8-9-16)15(18)19/h1-7,10H,8-9,17H2,(H,18,19). The summed E-state index contributed by atoms with van der Waals surface area (Å²) in [5.74, 6) is 0.554. The lowest BCUT2D eigenvalue weighted by atomic mass is 9.96. The lowest BCUT2D eigenvalue weighted by Crippen LogP contribution is -2.19. The maximum absolute atomic E-state index is 11.3. The smallest absolute Gasteiger partial charge is 0.314 e. The van der Waals surface area contributed by atoms with Crippen molar-refractivity contribution in [2.24, 2.45) is 0 Å². The van der Waals surface area contributed by atoms with Crippen LogP contribution in [0.2, 0.25) is 0 Å². The van der Waals surface area contributed by atoms with Gasteiger partial charge < -0.3 is 15.6 Å². The zero-order valence-corrected chi connectivity index (χ0v) is 10.9. The number of carboxylic acids is 1. The topological polar surface area (TPSA) is 72.5 Å². The van der Waals surface area contributed by atoms with Crippen LogP contribution in [-0.2, 0) is 10.2 Å². The summed E-state index contributed by atoms with van der Waals surface area (Å²) in [4.78, 5) is 11.3. The van der Waals surface area contributed by atoms with Gasteiger partial charge in [0.1, 0.15) is 11.5 Å². The van der Waals surface area contributed by atoms with Crippen molar-refractivity contribution in [2.45, 2.75) is 18.3 Å². The van der Waals surface area contributed by atoms with Crippen molar-refractivity contribution in [3.8, 4) is 11.5 Å². The summed E-state index contributed by atoms with van der Waals surface area (Å²) in [6.45, 7) is 0. The fourth-order valence-electron chi connectivity index (χ4n) is 2.28. The third kappa shape index (κ3) is 2.20. The first-order valence-electron chi connectivity index (χ1n) is 6.47. The number of carboxylic acid groups (broad SMARTS) is 1. The zero-order valence-electron chi connectivity index (χ0n) is 10.9. The highest BCUT2D eigenvalue weighted by molar-refractivity contribution is 5.85. The van der Waals surface area contributed by atoms with E-state index in [1.165, 1.54) is 0 Å². The Morgan fingerprint density at radius 2 is 1.80 bits per heavy atom. The van der Waals surface area contributed by atoms with Gasteiger partial charge >= 0.3 is 5.97 Å². The second-order valence-electron chi connectivity index (χ2n) is 5.09. The van der Waals surface area contributed by atoms with E-state index >= 15 is 0 Å². The number of benzene rings is 2. The van der Waals surface area contributed by atoms with Gasteiger partial charge in [-0.3, -0.25) is 4.79 Å². The quantitative estimate of drug-likeness (QED) is 0.836. The molecule has 0 bridgehead atoms. The van der Waals surface area contributed by atoms with E-state index in [1.54, 1.807) is 30.3 Å². The monoisotopic (exact) mass is 269 g/mol. The third-order valence-electron chi connectivity index (χ3n) is 3.66. The van der Waals surface area contributed by atoms with Crippen molar-refractivity contribution in [2.75, 3.05) is 5.73 Å². The van der Waals surface area contributed by atoms with Gasteiger partial charge in [0.2, 0.25) is 0 Å². The summed E-state index contributed by atoms with van der Waals surface area (Å²) in [6.07, 6.45) is 1.38. The van der Waals surface area contributed by atoms with E-state index in [0.717, 1.165) is 5.56 Å². The van der Waals surface area contributed by atoms with Gasteiger partial charge in [-0.05, 0) is 54.8 Å². The molecule has 0 saturated heterocycles. The van der Waals surface area contributed by atoms with Crippen LogP contribution in [0.4, 0.5) is 5.69 Å². The Morgan fingerprint density at radius 3 is 2.40 bits per heavy atom. The Balaban J connectivity index is 1.85. The second-order valence-corrected chi connectivity index (χ2v) is 5.09. The number of nitrogen functional groups attached to an aromatic ring is 1. The Bertz CT molecular complexity index is 645. The third-order valence-corrected chi connectivity index (χ3v) is 3.66. The second kappa shape index (κ2) is 4.56. The summed E-state index contributed by atoms with van der Waals surface area (Å²) in [5.41, 5.74) is 6.39. The lowest BCUT2D eigenvalue weighted by Gasteiger charge is -2.12. The van der Waals surface area contributed by atoms with Crippen molar-refractivity contribution >= 4 is 11.7 Å². The van der Waals surface area contributed by atoms with Crippen LogP contribution in [0, 0.1) is 0 Å². The fourth-order valence-corrected chi connectivity index (χ4v) is 2.28. The number of ether oxygens (including phenoxy) is 1. The number of aliphatic carboxylic acids is 1. The van der Waals surface area contributed by atoms with Crippen LogP contribution in [0.3, 0.4) is 0 Å². The predicted molar refractivity (Wildman–Crippen MR) is 75.9 cm³/mol. The molecule has 1 aliphatic carbocycles. The van der Waals surface area contributed by atoms with Gasteiger partial charge in [0, 0.05) is 5.69 Å². The fraction of sp³-hybridized carbons (Fsp3) is 0.188. The van der Waals surface area contributed by atoms with Gasteiger partial charge in [-0.25, -0.2) is 0 Å². The molecule has 0 atom stereocenters. The van der Waals surface area contributed by atoms with E-state index in [9.17, 15) is 9.90 Å². The van der Waals surface area contributed by atoms with E-state index in [2.05, 4.69) is 0 Å². The summed E-state index contributed by atoms with van der Waals surface area (Å²) in [7, 11) is 0. The van der Waals surface area contributed by atoms with Crippen molar-refractivity contribution in [1.82, 2.24) is 0 Å². The van der Waals surface area contributed by atoms with E-state index in [1.807, 2.05) is 18.2 Å². The lowest BCUT2D eigenvalue weighted by molar-refractivity contribution is -0.140. The van der Waals surface area contributed by atoms with Gasteiger partial charge in [0.25, 0.3) is 0 Å². The van der Waals surface area contributed by atoms with E-state index in [-0.39, 0.29) is 0 Å². The molecule has 0 aromatic heterocycles. The summed E-state index contributed by atoms with van der Waals surface area (Å²) in [6, 6.07) is 14.4. The molecule has 0 radical (unpaired) electrons. The molecule has 4 nitrogen and oxygen atoms in total. The van der Waals surface area contributed by atoms with E-state index in [4.69, 9.17) is 10.5 Å². The largest absolute Gasteiger partial charge is 0.481 e. The average Bonchev–Trinajstić information content (AvgIpc) is 3.23. The molecule has 2 aromatic carbocycles. The first-order chi connectivity index (χ1) is 9.60. The molecule has 4 heteroatoms. The molecule has 1 aliphatic rings. The molecule has 3 rings (SSSR count). The number of nitrogens with two attached hydrogens (primary N) is 1. The molecule has 0 unspecified atom stereocenters. The van der Waals surface area contributed by atoms with Crippen molar-refractivity contribution in [3.05, 3.63) is 54.1 Å². The van der Waals surface area contributed by atoms with Gasteiger partial charge in [-0.1, -0.05) is 12.1 Å². The van der Waals surface area contributed by atoms with Crippen LogP contribution >= 0.6 is 0 Å². The Labute approximate surface area is 116 Å². The SMILES string of the molecule is Nc1ccc(Oc2cccc(C3(C(=O)O)CC3)c2)cc1. The van der Waals surface area contributed by atoms with Crippen LogP contribution in [0.1, 0.15) is 18.4 Å². The minimum atomic E-state index is -0.762. The minimum Gasteiger partial charge on any atom is -0.481 e. The molecule has 0 spiro atoms. The van der Waals surface area contributed by atoms with Gasteiger partial charge in [-0.2, -0.15) is 0 Å². The molecule has 20 heavy (non-hydrogen) atoms. The number of hydrogen-bond acceptors (Lipinski definition) is 3. The van der Waals surface area contributed by atoms with Gasteiger partial charge in [-0.15, -0.1) is 0 Å². The number of carbonyl (C=O) groups is 1. The molecule has 0 heterocycles. The highest BCUT2D eigenvalue weighted by Gasteiger charge is 2.51. The molecule has 3 N–H and O–H groups in total. The first kappa shape index (κ1) is 12.5. The van der Waals surface area contributed by atoms with Crippen molar-refractivity contribution in [1.29, 1.82) is 0 Å². The number of rotatable bonds is 4. The summed E-state index contributed by atoms with van der Waals surface area (Å²) >= 11 is 0. The van der Waals surface area contributed by atoms with Crippen LogP contribution in [0.25, 0.3) is 0 Å². The zero-order chi connectivity index (χ0) is 14.2. The van der Waals surface area contributed by atoms with Crippen LogP contribution < -0.4 is 10.5 Å². The molecule has 0 amide bonds. The number of anilines is 1. The highest BCUT2D eigenvalue weighted by atomic mass is 16.5. The van der Waals surface area contributed by atoms with Crippen molar-refractivity contribution in [3.63, 3.8) is 0 Å². The van der Waals surface area contributed by atoms with E-state index in [0.29, 0.717) is 30.0 Å². The molecular formula is C16H15NO3. The molecule has 1 saturated carbocycles. The summed E-state index contributed by atoms with van der Waals surface area (Å²) < 4.78 is 5.73. The van der Waals surface area contributed by atoms with E-state index < -0.39 is 11.4 Å². The average molecular weight is 269 g/mol. The molecule has 0 aliphatic heterocycles. The predicted octanol–water partition coefficient (Wildman–Crippen LogP) is 3.18. The Hall–Kier alpha value is -2.49. The van der Waals surface area contributed by atoms with Gasteiger partial charge in [0.05, 0.1) is 5.41 Å². The Morgan fingerprint density at radius 1 is 1.10 bits per heavy atom. The normalized spacial score (nSPS) is 15.6. The van der Waals surface area contributed by atoms with Gasteiger partial charge in [0.15, 0.2) is 0 Å². The molecule has 102 valence electrons. The number of hydrogen-bond donors (Lipinski definition) is 2. The Kier molecular flexibility index (Phi) is 2.86. The highest BCUT2D eigenvalue weighted by Crippen LogP contribution is 2.49. The maximum Gasteiger partial charge on any atom is 0.314 e. The molecule has 1 fully saturated rings. The summed E-state index contributed by atoms with van der Waals surface area (Å²) in [5, 5.41) is 9.31. The van der Waals surface area contributed by atoms with Crippen LogP contribution in [0.5, 0.6) is 11.5 Å². The molecular weight excluding hydrogens is 254 g/mol. The van der Waals surface area contributed by atoms with Crippen molar-refractivity contribution < 1.29 is 14.6 Å². The minimum absolute atomic E-state index is 0.639. The maximum atomic E-state index is 11.3. The first-order valence-corrected chi connectivity index (χ1v) is 6.47.